The molecule has 21 heavy (non-hydrogen) atoms. The molecule has 0 saturated carbocycles. The molecule has 0 aliphatic carbocycles. The summed E-state index contributed by atoms with van der Waals surface area (Å²) in [4.78, 5) is 25.5. The SMILES string of the molecule is O=C(O)c1cc(-n2cnc3ccccc32)ccc1[N+](=O)[O-]. The molecule has 104 valence electrons. The summed E-state index contributed by atoms with van der Waals surface area (Å²) in [7, 11) is 0. The first-order valence-corrected chi connectivity index (χ1v) is 6.02. The van der Waals surface area contributed by atoms with Gasteiger partial charge in [-0.2, -0.15) is 0 Å². The van der Waals surface area contributed by atoms with Crippen molar-refractivity contribution in [1.82, 2.24) is 9.55 Å². The van der Waals surface area contributed by atoms with Crippen molar-refractivity contribution in [2.24, 2.45) is 0 Å². The van der Waals surface area contributed by atoms with Gasteiger partial charge < -0.3 is 5.11 Å². The number of rotatable bonds is 3. The Bertz CT molecular complexity index is 870. The van der Waals surface area contributed by atoms with Crippen LogP contribution in [0, 0.1) is 10.1 Å². The minimum atomic E-state index is -1.34. The van der Waals surface area contributed by atoms with E-state index in [1.165, 1.54) is 18.2 Å². The lowest BCUT2D eigenvalue weighted by atomic mass is 10.1. The molecule has 0 aliphatic heterocycles. The van der Waals surface area contributed by atoms with Crippen LogP contribution < -0.4 is 0 Å². The van der Waals surface area contributed by atoms with E-state index in [-0.39, 0.29) is 5.56 Å². The number of hydrogen-bond acceptors (Lipinski definition) is 4. The fourth-order valence-electron chi connectivity index (χ4n) is 2.17. The van der Waals surface area contributed by atoms with Crippen molar-refractivity contribution in [2.75, 3.05) is 0 Å². The summed E-state index contributed by atoms with van der Waals surface area (Å²) in [5.41, 5.74) is 1.27. The summed E-state index contributed by atoms with van der Waals surface area (Å²) in [6, 6.07) is 11.3. The first kappa shape index (κ1) is 12.8. The average molecular weight is 283 g/mol. The molecule has 1 N–H and O–H groups in total. The highest BCUT2D eigenvalue weighted by Crippen LogP contribution is 2.24. The number of carbonyl (C=O) groups is 1. The first-order valence-electron chi connectivity index (χ1n) is 6.02. The molecule has 0 atom stereocenters. The van der Waals surface area contributed by atoms with E-state index >= 15 is 0 Å². The van der Waals surface area contributed by atoms with E-state index in [1.807, 2.05) is 24.3 Å². The molecular weight excluding hydrogens is 274 g/mol. The third-order valence-corrected chi connectivity index (χ3v) is 3.14. The number of benzene rings is 2. The number of imidazole rings is 1. The molecule has 0 aliphatic rings. The zero-order chi connectivity index (χ0) is 15.0. The van der Waals surface area contributed by atoms with Crippen molar-refractivity contribution in [3.63, 3.8) is 0 Å². The Balaban J connectivity index is 2.22. The summed E-state index contributed by atoms with van der Waals surface area (Å²) >= 11 is 0. The van der Waals surface area contributed by atoms with E-state index < -0.39 is 16.6 Å². The molecule has 1 aromatic heterocycles. The molecule has 0 amide bonds. The lowest BCUT2D eigenvalue weighted by molar-refractivity contribution is -0.385. The maximum atomic E-state index is 11.2. The van der Waals surface area contributed by atoms with Crippen molar-refractivity contribution in [3.8, 4) is 5.69 Å². The van der Waals surface area contributed by atoms with E-state index in [1.54, 1.807) is 10.9 Å². The minimum Gasteiger partial charge on any atom is -0.477 e. The highest BCUT2D eigenvalue weighted by atomic mass is 16.6. The van der Waals surface area contributed by atoms with Crippen LogP contribution in [0.25, 0.3) is 16.7 Å². The fourth-order valence-corrected chi connectivity index (χ4v) is 2.17. The van der Waals surface area contributed by atoms with Gasteiger partial charge in [-0.1, -0.05) is 12.1 Å². The van der Waals surface area contributed by atoms with Crippen LogP contribution in [0.3, 0.4) is 0 Å². The number of nitro groups is 1. The van der Waals surface area contributed by atoms with E-state index in [2.05, 4.69) is 4.98 Å². The maximum absolute atomic E-state index is 11.2. The van der Waals surface area contributed by atoms with Crippen molar-refractivity contribution >= 4 is 22.7 Å². The predicted octanol–water partition coefficient (Wildman–Crippen LogP) is 2.63. The average Bonchev–Trinajstić information content (AvgIpc) is 2.90. The van der Waals surface area contributed by atoms with Gasteiger partial charge in [0, 0.05) is 11.8 Å². The Morgan fingerprint density at radius 2 is 2.00 bits per heavy atom. The molecule has 1 heterocycles. The highest BCUT2D eigenvalue weighted by Gasteiger charge is 2.20. The van der Waals surface area contributed by atoms with Gasteiger partial charge in [-0.25, -0.2) is 9.78 Å². The van der Waals surface area contributed by atoms with Crippen LogP contribution >= 0.6 is 0 Å². The van der Waals surface area contributed by atoms with Crippen molar-refractivity contribution < 1.29 is 14.8 Å². The molecule has 7 nitrogen and oxygen atoms in total. The fraction of sp³-hybridized carbons (Fsp3) is 0. The summed E-state index contributed by atoms with van der Waals surface area (Å²) < 4.78 is 1.69. The maximum Gasteiger partial charge on any atom is 0.342 e. The molecule has 3 rings (SSSR count). The monoisotopic (exact) mass is 283 g/mol. The van der Waals surface area contributed by atoms with Crippen molar-refractivity contribution in [2.45, 2.75) is 0 Å². The van der Waals surface area contributed by atoms with Gasteiger partial charge in [0.15, 0.2) is 0 Å². The number of nitro benzene ring substituents is 1. The first-order chi connectivity index (χ1) is 10.1. The molecule has 0 fully saturated rings. The number of nitrogens with zero attached hydrogens (tertiary/aromatic N) is 3. The van der Waals surface area contributed by atoms with Gasteiger partial charge in [-0.3, -0.25) is 14.7 Å². The Morgan fingerprint density at radius 3 is 2.71 bits per heavy atom. The van der Waals surface area contributed by atoms with Crippen LogP contribution in [-0.4, -0.2) is 25.6 Å². The predicted molar refractivity (Wildman–Crippen MR) is 74.7 cm³/mol. The smallest absolute Gasteiger partial charge is 0.342 e. The molecule has 2 aromatic carbocycles. The zero-order valence-corrected chi connectivity index (χ0v) is 10.6. The van der Waals surface area contributed by atoms with Crippen molar-refractivity contribution in [3.05, 3.63) is 64.5 Å². The van der Waals surface area contributed by atoms with Gasteiger partial charge in [0.05, 0.1) is 16.0 Å². The molecule has 0 spiro atoms. The third-order valence-electron chi connectivity index (χ3n) is 3.14. The Morgan fingerprint density at radius 1 is 1.24 bits per heavy atom. The van der Waals surface area contributed by atoms with Crippen LogP contribution in [0.4, 0.5) is 5.69 Å². The van der Waals surface area contributed by atoms with Crippen LogP contribution in [0.15, 0.2) is 48.8 Å². The summed E-state index contributed by atoms with van der Waals surface area (Å²) in [6.07, 6.45) is 1.55. The number of carboxylic acids is 1. The number of fused-ring (bicyclic) bond motifs is 1. The van der Waals surface area contributed by atoms with Crippen LogP contribution in [0.1, 0.15) is 10.4 Å². The second-order valence-corrected chi connectivity index (χ2v) is 4.37. The van der Waals surface area contributed by atoms with E-state index in [9.17, 15) is 14.9 Å². The molecule has 0 unspecified atom stereocenters. The van der Waals surface area contributed by atoms with Crippen LogP contribution in [0.5, 0.6) is 0 Å². The lowest BCUT2D eigenvalue weighted by Crippen LogP contribution is -2.04. The van der Waals surface area contributed by atoms with Crippen LogP contribution in [-0.2, 0) is 0 Å². The topological polar surface area (TPSA) is 98.3 Å². The zero-order valence-electron chi connectivity index (χ0n) is 10.6. The molecule has 0 bridgehead atoms. The van der Waals surface area contributed by atoms with E-state index in [0.29, 0.717) is 5.69 Å². The van der Waals surface area contributed by atoms with E-state index in [4.69, 9.17) is 5.11 Å². The lowest BCUT2D eigenvalue weighted by Gasteiger charge is -2.06. The molecule has 0 saturated heterocycles. The molecule has 7 heteroatoms. The highest BCUT2D eigenvalue weighted by molar-refractivity contribution is 5.93. The molecular formula is C14H9N3O4. The van der Waals surface area contributed by atoms with Gasteiger partial charge in [-0.15, -0.1) is 0 Å². The second-order valence-electron chi connectivity index (χ2n) is 4.37. The van der Waals surface area contributed by atoms with Gasteiger partial charge in [-0.05, 0) is 24.3 Å². The normalized spacial score (nSPS) is 10.7. The molecule has 0 radical (unpaired) electrons. The number of hydrogen-bond donors (Lipinski definition) is 1. The largest absolute Gasteiger partial charge is 0.477 e. The Labute approximate surface area is 118 Å². The summed E-state index contributed by atoms with van der Waals surface area (Å²) in [6.45, 7) is 0. The summed E-state index contributed by atoms with van der Waals surface area (Å²) in [5.74, 6) is -1.34. The van der Waals surface area contributed by atoms with Crippen LogP contribution in [0.2, 0.25) is 0 Å². The van der Waals surface area contributed by atoms with E-state index in [0.717, 1.165) is 11.0 Å². The van der Waals surface area contributed by atoms with Gasteiger partial charge in [0.25, 0.3) is 5.69 Å². The number of para-hydroxylation sites is 2. The summed E-state index contributed by atoms with van der Waals surface area (Å²) in [5, 5.41) is 20.0. The third kappa shape index (κ3) is 2.10. The minimum absolute atomic E-state index is 0.352. The van der Waals surface area contributed by atoms with Crippen molar-refractivity contribution in [1.29, 1.82) is 0 Å². The number of aromatic nitrogens is 2. The Kier molecular flexibility index (Phi) is 2.87. The van der Waals surface area contributed by atoms with Gasteiger partial charge in [0.1, 0.15) is 11.9 Å². The number of aromatic carboxylic acids is 1. The Hall–Kier alpha value is -3.22. The van der Waals surface area contributed by atoms with Gasteiger partial charge >= 0.3 is 5.97 Å². The van der Waals surface area contributed by atoms with Gasteiger partial charge in [0.2, 0.25) is 0 Å². The standard InChI is InChI=1S/C14H9N3O4/c18-14(19)10-7-9(5-6-12(10)17(20)21)16-8-15-11-3-1-2-4-13(11)16/h1-8H,(H,18,19). The number of carboxylic acid groups (broad SMARTS) is 1. The molecule has 3 aromatic rings. The quantitative estimate of drug-likeness (QED) is 0.588. The second kappa shape index (κ2) is 4.71.